The van der Waals surface area contributed by atoms with E-state index in [2.05, 4.69) is 33.9 Å². The Morgan fingerprint density at radius 2 is 2.00 bits per heavy atom. The van der Waals surface area contributed by atoms with Crippen LogP contribution in [0.2, 0.25) is 10.0 Å². The average Bonchev–Trinajstić information content (AvgIpc) is 2.57. The summed E-state index contributed by atoms with van der Waals surface area (Å²) in [5.41, 5.74) is 0. The molecule has 138 valence electrons. The van der Waals surface area contributed by atoms with Crippen LogP contribution >= 0.6 is 45.8 Å². The van der Waals surface area contributed by atoms with Gasteiger partial charge >= 0.3 is 0 Å². The Labute approximate surface area is 170 Å². The summed E-state index contributed by atoms with van der Waals surface area (Å²) >= 11 is 14.1. The molecular weight excluding hydrogens is 502 g/mol. The van der Waals surface area contributed by atoms with Crippen LogP contribution in [0.5, 0.6) is 5.75 Å². The maximum Gasteiger partial charge on any atom is 0.260 e. The fraction of sp³-hybridized carbons (Fsp3) is 0.400. The molecule has 1 saturated heterocycles. The fourth-order valence-electron chi connectivity index (χ4n) is 2.37. The van der Waals surface area contributed by atoms with Crippen molar-refractivity contribution in [2.24, 2.45) is 0 Å². The molecule has 0 bridgehead atoms. The summed E-state index contributed by atoms with van der Waals surface area (Å²) in [4.78, 5) is 13.9. The first-order valence-corrected chi connectivity index (χ1v) is 10.8. The molecule has 0 spiro atoms. The van der Waals surface area contributed by atoms with Crippen LogP contribution in [0.25, 0.3) is 0 Å². The summed E-state index contributed by atoms with van der Waals surface area (Å²) in [7, 11) is -3.46. The second-order valence-corrected chi connectivity index (χ2v) is 9.11. The molecule has 1 fully saturated rings. The molecular formula is C15H17Cl2IN2O4S. The van der Waals surface area contributed by atoms with Gasteiger partial charge in [0.05, 0.1) is 10.0 Å². The number of carbonyl (C=O) groups excluding carboxylic acids is 1. The lowest BCUT2D eigenvalue weighted by Gasteiger charge is -2.32. The first-order chi connectivity index (χ1) is 11.7. The summed E-state index contributed by atoms with van der Waals surface area (Å²) in [6.45, 7) is 4.04. The van der Waals surface area contributed by atoms with Crippen molar-refractivity contribution in [3.8, 4) is 5.75 Å². The molecule has 2 rings (SSSR count). The van der Waals surface area contributed by atoms with E-state index < -0.39 is 10.0 Å². The Kier molecular flexibility index (Phi) is 7.39. The van der Waals surface area contributed by atoms with E-state index in [4.69, 9.17) is 27.9 Å². The molecule has 1 aromatic rings. The lowest BCUT2D eigenvalue weighted by atomic mass is 10.1. The number of ether oxygens (including phenoxy) is 1. The molecule has 1 heterocycles. The molecule has 25 heavy (non-hydrogen) atoms. The van der Waals surface area contributed by atoms with Gasteiger partial charge in [0.1, 0.15) is 5.75 Å². The third-order valence-corrected chi connectivity index (χ3v) is 6.64. The molecule has 1 aliphatic rings. The number of hydrogen-bond donors (Lipinski definition) is 1. The Hall–Kier alpha value is -0.550. The van der Waals surface area contributed by atoms with Crippen LogP contribution in [-0.4, -0.2) is 45.0 Å². The molecule has 0 radical (unpaired) electrons. The second-order valence-electron chi connectivity index (χ2n) is 5.47. The van der Waals surface area contributed by atoms with Crippen molar-refractivity contribution in [3.05, 3.63) is 37.7 Å². The number of hydrogen-bond acceptors (Lipinski definition) is 4. The van der Waals surface area contributed by atoms with Crippen molar-refractivity contribution in [3.63, 3.8) is 0 Å². The van der Waals surface area contributed by atoms with E-state index in [1.165, 1.54) is 0 Å². The van der Waals surface area contributed by atoms with Crippen molar-refractivity contribution < 1.29 is 17.9 Å². The van der Waals surface area contributed by atoms with Gasteiger partial charge in [0.25, 0.3) is 5.91 Å². The monoisotopic (exact) mass is 518 g/mol. The Bertz CT molecular complexity index is 765. The van der Waals surface area contributed by atoms with Gasteiger partial charge in [-0.3, -0.25) is 4.79 Å². The Morgan fingerprint density at radius 1 is 1.36 bits per heavy atom. The van der Waals surface area contributed by atoms with Crippen LogP contribution in [0.3, 0.4) is 0 Å². The first kappa shape index (κ1) is 20.8. The molecule has 0 atom stereocenters. The zero-order chi connectivity index (χ0) is 18.6. The standard InChI is InChI=1S/C15H17Cl2IN2O4S/c1-2-25(22,23)19-10-3-5-20(6-4-10)15(21)9-24-14-8-13(18)11(16)7-12(14)17/h2,7-8,10,19H,1,3-6,9H2. The smallest absolute Gasteiger partial charge is 0.260 e. The van der Waals surface area contributed by atoms with E-state index in [9.17, 15) is 13.2 Å². The van der Waals surface area contributed by atoms with Gasteiger partial charge in [0.2, 0.25) is 10.0 Å². The quantitative estimate of drug-likeness (QED) is 0.464. The van der Waals surface area contributed by atoms with Crippen molar-refractivity contribution in [1.82, 2.24) is 9.62 Å². The van der Waals surface area contributed by atoms with Crippen LogP contribution in [0.4, 0.5) is 0 Å². The summed E-state index contributed by atoms with van der Waals surface area (Å²) in [5, 5.41) is 1.75. The first-order valence-electron chi connectivity index (χ1n) is 7.41. The molecule has 0 saturated carbocycles. The highest BCUT2D eigenvalue weighted by molar-refractivity contribution is 14.1. The van der Waals surface area contributed by atoms with Gasteiger partial charge in [-0.25, -0.2) is 13.1 Å². The molecule has 6 nitrogen and oxygen atoms in total. The third-order valence-electron chi connectivity index (χ3n) is 3.72. The Balaban J connectivity index is 1.85. The zero-order valence-corrected chi connectivity index (χ0v) is 17.7. The lowest BCUT2D eigenvalue weighted by Crippen LogP contribution is -2.47. The molecule has 10 heteroatoms. The molecule has 0 aliphatic carbocycles. The van der Waals surface area contributed by atoms with Crippen molar-refractivity contribution in [1.29, 1.82) is 0 Å². The van der Waals surface area contributed by atoms with Gasteiger partial charge in [-0.1, -0.05) is 29.8 Å². The third kappa shape index (κ3) is 5.99. The van der Waals surface area contributed by atoms with Gasteiger partial charge in [0, 0.05) is 28.1 Å². The second kappa shape index (κ2) is 8.90. The van der Waals surface area contributed by atoms with E-state index >= 15 is 0 Å². The number of benzene rings is 1. The maximum absolute atomic E-state index is 12.3. The summed E-state index contributed by atoms with van der Waals surface area (Å²) in [5.74, 6) is 0.225. The van der Waals surface area contributed by atoms with Crippen LogP contribution < -0.4 is 9.46 Å². The number of rotatable bonds is 6. The molecule has 1 aromatic carbocycles. The Morgan fingerprint density at radius 3 is 2.60 bits per heavy atom. The van der Waals surface area contributed by atoms with Gasteiger partial charge in [0.15, 0.2) is 6.61 Å². The summed E-state index contributed by atoms with van der Waals surface area (Å²) in [6.07, 6.45) is 1.08. The average molecular weight is 519 g/mol. The van der Waals surface area contributed by atoms with E-state index in [0.29, 0.717) is 41.7 Å². The highest BCUT2D eigenvalue weighted by atomic mass is 127. The van der Waals surface area contributed by atoms with E-state index in [-0.39, 0.29) is 18.6 Å². The number of nitrogens with zero attached hydrogens (tertiary/aromatic N) is 1. The summed E-state index contributed by atoms with van der Waals surface area (Å²) < 4.78 is 31.8. The van der Waals surface area contributed by atoms with Crippen molar-refractivity contribution in [2.75, 3.05) is 19.7 Å². The lowest BCUT2D eigenvalue weighted by molar-refractivity contribution is -0.134. The van der Waals surface area contributed by atoms with Gasteiger partial charge in [-0.2, -0.15) is 0 Å². The predicted molar refractivity (Wildman–Crippen MR) is 107 cm³/mol. The SMILES string of the molecule is C=CS(=O)(=O)NC1CCN(C(=O)COc2cc(I)c(Cl)cc2Cl)CC1. The molecule has 1 amide bonds. The minimum absolute atomic E-state index is 0.138. The van der Waals surface area contributed by atoms with Gasteiger partial charge in [-0.15, -0.1) is 0 Å². The number of amides is 1. The molecule has 0 unspecified atom stereocenters. The summed E-state index contributed by atoms with van der Waals surface area (Å²) in [6, 6.07) is 3.05. The van der Waals surface area contributed by atoms with Crippen LogP contribution in [0.15, 0.2) is 24.1 Å². The normalized spacial score (nSPS) is 15.9. The van der Waals surface area contributed by atoms with Crippen molar-refractivity contribution >= 4 is 61.7 Å². The highest BCUT2D eigenvalue weighted by Gasteiger charge is 2.25. The number of nitrogens with one attached hydrogen (secondary N) is 1. The van der Waals surface area contributed by atoms with E-state index in [1.807, 2.05) is 0 Å². The van der Waals surface area contributed by atoms with Gasteiger partial charge < -0.3 is 9.64 Å². The molecule has 1 N–H and O–H groups in total. The topological polar surface area (TPSA) is 75.7 Å². The van der Waals surface area contributed by atoms with E-state index in [0.717, 1.165) is 8.98 Å². The maximum atomic E-state index is 12.3. The predicted octanol–water partition coefficient (Wildman–Crippen LogP) is 3.03. The van der Waals surface area contributed by atoms with Crippen LogP contribution in [0, 0.1) is 3.57 Å². The number of carbonyl (C=O) groups is 1. The minimum atomic E-state index is -3.46. The minimum Gasteiger partial charge on any atom is -0.482 e. The zero-order valence-electron chi connectivity index (χ0n) is 13.2. The number of halogens is 3. The largest absolute Gasteiger partial charge is 0.482 e. The van der Waals surface area contributed by atoms with E-state index in [1.54, 1.807) is 17.0 Å². The molecule has 0 aromatic heterocycles. The van der Waals surface area contributed by atoms with Gasteiger partial charge in [-0.05, 0) is 47.6 Å². The van der Waals surface area contributed by atoms with Crippen LogP contribution in [0.1, 0.15) is 12.8 Å². The number of sulfonamides is 1. The molecule has 1 aliphatic heterocycles. The van der Waals surface area contributed by atoms with Crippen LogP contribution in [-0.2, 0) is 14.8 Å². The number of likely N-dealkylation sites (tertiary alicyclic amines) is 1. The number of piperidine rings is 1. The highest BCUT2D eigenvalue weighted by Crippen LogP contribution is 2.31. The fourth-order valence-corrected chi connectivity index (χ4v) is 4.05. The van der Waals surface area contributed by atoms with Crippen molar-refractivity contribution in [2.45, 2.75) is 18.9 Å².